The molecule has 0 saturated carbocycles. The van der Waals surface area contributed by atoms with E-state index in [9.17, 15) is 9.50 Å². The van der Waals surface area contributed by atoms with Crippen LogP contribution < -0.4 is 5.73 Å². The zero-order valence-corrected chi connectivity index (χ0v) is 11.7. The van der Waals surface area contributed by atoms with Gasteiger partial charge in [-0.3, -0.25) is 0 Å². The third kappa shape index (κ3) is 3.76. The van der Waals surface area contributed by atoms with Gasteiger partial charge in [0.05, 0.1) is 10.6 Å². The first-order valence-corrected chi connectivity index (χ1v) is 6.58. The lowest BCUT2D eigenvalue weighted by Gasteiger charge is -2.24. The van der Waals surface area contributed by atoms with Gasteiger partial charge in [-0.15, -0.1) is 0 Å². The van der Waals surface area contributed by atoms with E-state index in [-0.39, 0.29) is 11.7 Å². The van der Waals surface area contributed by atoms with Crippen molar-refractivity contribution in [1.82, 2.24) is 0 Å². The van der Waals surface area contributed by atoms with E-state index >= 15 is 0 Å². The Balaban J connectivity index is 2.93. The smallest absolute Gasteiger partial charge is 0.137 e. The Kier molecular flexibility index (Phi) is 5.56. The van der Waals surface area contributed by atoms with Gasteiger partial charge in [0, 0.05) is 5.92 Å². The highest BCUT2D eigenvalue weighted by Crippen LogP contribution is 2.32. The fourth-order valence-corrected chi connectivity index (χ4v) is 2.46. The lowest BCUT2D eigenvalue weighted by molar-refractivity contribution is 0.0985. The molecule has 2 atom stereocenters. The van der Waals surface area contributed by atoms with Gasteiger partial charge in [-0.2, -0.15) is 0 Å². The molecule has 0 aliphatic rings. The number of nitrogens with two attached hydrogens (primary N) is 1. The Labute approximate surface area is 110 Å². The number of rotatable bonds is 5. The number of hydrogen-bond acceptors (Lipinski definition) is 2. The molecule has 0 aliphatic carbocycles. The van der Waals surface area contributed by atoms with Crippen LogP contribution in [0.5, 0.6) is 0 Å². The second-order valence-electron chi connectivity index (χ2n) is 4.71. The second-order valence-corrected chi connectivity index (χ2v) is 5.51. The molecule has 2 nitrogen and oxygen atoms in total. The highest BCUT2D eigenvalue weighted by Gasteiger charge is 2.23. The molecule has 0 spiro atoms. The van der Waals surface area contributed by atoms with Crippen molar-refractivity contribution in [2.45, 2.75) is 26.4 Å². The summed E-state index contributed by atoms with van der Waals surface area (Å²) in [5, 5.41) is 10.3. The minimum absolute atomic E-state index is 0.0481. The molecule has 0 heterocycles. The summed E-state index contributed by atoms with van der Waals surface area (Å²) < 4.78 is 13.7. The standard InChI is InChI=1S/C13H19BrFNO/c1-8(2)6-9(7-16)13(17)10-4-3-5-11(15)12(10)14/h3-5,8-9,13,17H,6-7,16H2,1-2H3. The third-order valence-corrected chi connectivity index (χ3v) is 3.66. The van der Waals surface area contributed by atoms with E-state index in [1.54, 1.807) is 12.1 Å². The largest absolute Gasteiger partial charge is 0.388 e. The fraction of sp³-hybridized carbons (Fsp3) is 0.538. The normalized spacial score (nSPS) is 15.0. The third-order valence-electron chi connectivity index (χ3n) is 2.82. The summed E-state index contributed by atoms with van der Waals surface area (Å²) in [6, 6.07) is 4.68. The van der Waals surface area contributed by atoms with Gasteiger partial charge in [-0.05, 0) is 46.4 Å². The van der Waals surface area contributed by atoms with E-state index < -0.39 is 6.10 Å². The Morgan fingerprint density at radius 1 is 1.41 bits per heavy atom. The first-order chi connectivity index (χ1) is 7.97. The van der Waals surface area contributed by atoms with Gasteiger partial charge >= 0.3 is 0 Å². The molecule has 3 N–H and O–H groups in total. The number of hydrogen-bond donors (Lipinski definition) is 2. The second kappa shape index (κ2) is 6.47. The van der Waals surface area contributed by atoms with Crippen molar-refractivity contribution in [2.24, 2.45) is 17.6 Å². The maximum Gasteiger partial charge on any atom is 0.137 e. The van der Waals surface area contributed by atoms with Crippen molar-refractivity contribution >= 4 is 15.9 Å². The van der Waals surface area contributed by atoms with E-state index in [1.165, 1.54) is 6.07 Å². The van der Waals surface area contributed by atoms with Crippen LogP contribution in [0.4, 0.5) is 4.39 Å². The molecule has 1 aromatic rings. The molecule has 96 valence electrons. The predicted octanol–water partition coefficient (Wildman–Crippen LogP) is 3.24. The highest BCUT2D eigenvalue weighted by molar-refractivity contribution is 9.10. The first-order valence-electron chi connectivity index (χ1n) is 5.79. The molecule has 0 saturated heterocycles. The summed E-state index contributed by atoms with van der Waals surface area (Å²) in [6.45, 7) is 4.55. The Hall–Kier alpha value is -0.450. The van der Waals surface area contributed by atoms with Crippen LogP contribution in [0.1, 0.15) is 31.9 Å². The van der Waals surface area contributed by atoms with Crippen LogP contribution in [0.15, 0.2) is 22.7 Å². The maximum absolute atomic E-state index is 13.4. The van der Waals surface area contributed by atoms with Crippen LogP contribution in [-0.2, 0) is 0 Å². The minimum Gasteiger partial charge on any atom is -0.388 e. The van der Waals surface area contributed by atoms with E-state index in [0.29, 0.717) is 22.5 Å². The molecular formula is C13H19BrFNO. The van der Waals surface area contributed by atoms with Crippen molar-refractivity contribution < 1.29 is 9.50 Å². The zero-order valence-electron chi connectivity index (χ0n) is 10.2. The average Bonchev–Trinajstić information content (AvgIpc) is 2.28. The van der Waals surface area contributed by atoms with Gasteiger partial charge in [0.1, 0.15) is 5.82 Å². The fourth-order valence-electron chi connectivity index (χ4n) is 1.96. The molecule has 1 rings (SSSR count). The van der Waals surface area contributed by atoms with Gasteiger partial charge in [0.25, 0.3) is 0 Å². The van der Waals surface area contributed by atoms with Crippen LogP contribution in [0, 0.1) is 17.7 Å². The molecule has 0 aromatic heterocycles. The van der Waals surface area contributed by atoms with E-state index in [0.717, 1.165) is 6.42 Å². The SMILES string of the molecule is CC(C)CC(CN)C(O)c1cccc(F)c1Br. The predicted molar refractivity (Wildman–Crippen MR) is 71.1 cm³/mol. The summed E-state index contributed by atoms with van der Waals surface area (Å²) in [5.74, 6) is 0.0421. The molecule has 0 aliphatic heterocycles. The van der Waals surface area contributed by atoms with Crippen LogP contribution in [-0.4, -0.2) is 11.7 Å². The molecule has 1 aromatic carbocycles. The molecule has 17 heavy (non-hydrogen) atoms. The summed E-state index contributed by atoms with van der Waals surface area (Å²) >= 11 is 3.17. The Morgan fingerprint density at radius 3 is 2.59 bits per heavy atom. The topological polar surface area (TPSA) is 46.2 Å². The van der Waals surface area contributed by atoms with Crippen LogP contribution in [0.25, 0.3) is 0 Å². The molecule has 4 heteroatoms. The van der Waals surface area contributed by atoms with Crippen molar-refractivity contribution in [3.63, 3.8) is 0 Å². The number of benzene rings is 1. The minimum atomic E-state index is -0.729. The quantitative estimate of drug-likeness (QED) is 0.877. The molecule has 0 radical (unpaired) electrons. The Morgan fingerprint density at radius 2 is 2.06 bits per heavy atom. The maximum atomic E-state index is 13.4. The van der Waals surface area contributed by atoms with Crippen molar-refractivity contribution in [1.29, 1.82) is 0 Å². The highest BCUT2D eigenvalue weighted by atomic mass is 79.9. The zero-order chi connectivity index (χ0) is 13.0. The summed E-state index contributed by atoms with van der Waals surface area (Å²) in [4.78, 5) is 0. The van der Waals surface area contributed by atoms with Gasteiger partial charge in [0.15, 0.2) is 0 Å². The van der Waals surface area contributed by atoms with Crippen molar-refractivity contribution in [2.75, 3.05) is 6.54 Å². The molecule has 0 amide bonds. The van der Waals surface area contributed by atoms with Crippen molar-refractivity contribution in [3.8, 4) is 0 Å². The van der Waals surface area contributed by atoms with E-state index in [4.69, 9.17) is 5.73 Å². The molecule has 0 bridgehead atoms. The van der Waals surface area contributed by atoms with Crippen LogP contribution in [0.2, 0.25) is 0 Å². The number of aliphatic hydroxyl groups is 1. The number of aliphatic hydroxyl groups excluding tert-OH is 1. The van der Waals surface area contributed by atoms with Gasteiger partial charge < -0.3 is 10.8 Å². The summed E-state index contributed by atoms with van der Waals surface area (Å²) in [7, 11) is 0. The van der Waals surface area contributed by atoms with Crippen LogP contribution >= 0.6 is 15.9 Å². The summed E-state index contributed by atoms with van der Waals surface area (Å²) in [6.07, 6.45) is 0.0909. The van der Waals surface area contributed by atoms with E-state index in [2.05, 4.69) is 29.8 Å². The molecular weight excluding hydrogens is 285 g/mol. The Bertz CT molecular complexity index is 370. The van der Waals surface area contributed by atoms with Gasteiger partial charge in [-0.25, -0.2) is 4.39 Å². The lowest BCUT2D eigenvalue weighted by Crippen LogP contribution is -2.24. The average molecular weight is 304 g/mol. The van der Waals surface area contributed by atoms with Gasteiger partial charge in [0.2, 0.25) is 0 Å². The summed E-state index contributed by atoms with van der Waals surface area (Å²) in [5.41, 5.74) is 6.25. The molecule has 0 fully saturated rings. The molecule has 2 unspecified atom stereocenters. The van der Waals surface area contributed by atoms with E-state index in [1.807, 2.05) is 0 Å². The van der Waals surface area contributed by atoms with Gasteiger partial charge in [-0.1, -0.05) is 26.0 Å². The lowest BCUT2D eigenvalue weighted by atomic mass is 9.88. The van der Waals surface area contributed by atoms with Crippen LogP contribution in [0.3, 0.4) is 0 Å². The van der Waals surface area contributed by atoms with Crippen molar-refractivity contribution in [3.05, 3.63) is 34.1 Å². The monoisotopic (exact) mass is 303 g/mol. The first kappa shape index (κ1) is 14.6. The number of halogens is 2.